The SMILES string of the molecule is C=C.C=NC(C)(C)C.CC(=O)Nc1cc(Cl)ccc1OCC(=O)N=CCC(C)=NCc1ccc(F)cc1.O=CO. The van der Waals surface area contributed by atoms with Crippen LogP contribution in [-0.4, -0.2) is 54.2 Å². The van der Waals surface area contributed by atoms with Crippen LogP contribution in [-0.2, 0) is 20.9 Å². The van der Waals surface area contributed by atoms with Crippen molar-refractivity contribution >= 4 is 54.2 Å². The summed E-state index contributed by atoms with van der Waals surface area (Å²) in [6.07, 6.45) is 1.87. The van der Waals surface area contributed by atoms with Crippen molar-refractivity contribution in [2.24, 2.45) is 15.0 Å². The fourth-order valence-electron chi connectivity index (χ4n) is 2.25. The molecule has 0 saturated carbocycles. The summed E-state index contributed by atoms with van der Waals surface area (Å²) in [5, 5.41) is 9.91. The third-order valence-electron chi connectivity index (χ3n) is 4.14. The molecule has 2 N–H and O–H groups in total. The van der Waals surface area contributed by atoms with Gasteiger partial charge < -0.3 is 15.2 Å². The van der Waals surface area contributed by atoms with Crippen molar-refractivity contribution in [1.82, 2.24) is 0 Å². The minimum absolute atomic E-state index is 0.0556. The summed E-state index contributed by atoms with van der Waals surface area (Å²) in [4.78, 5) is 43.5. The number of nitrogens with one attached hydrogen (secondary N) is 1. The van der Waals surface area contributed by atoms with Gasteiger partial charge in [0, 0.05) is 30.3 Å². The fraction of sp³-hybridized carbons (Fsp3) is 0.310. The van der Waals surface area contributed by atoms with Crippen LogP contribution in [0.3, 0.4) is 0 Å². The summed E-state index contributed by atoms with van der Waals surface area (Å²) in [7, 11) is 0. The highest BCUT2D eigenvalue weighted by Gasteiger charge is 2.08. The number of hydrogen-bond donors (Lipinski definition) is 2. The maximum atomic E-state index is 12.9. The van der Waals surface area contributed by atoms with E-state index in [1.165, 1.54) is 31.3 Å². The average Bonchev–Trinajstić information content (AvgIpc) is 2.89. The fourth-order valence-corrected chi connectivity index (χ4v) is 2.42. The lowest BCUT2D eigenvalue weighted by atomic mass is 10.1. The molecule has 0 atom stereocenters. The van der Waals surface area contributed by atoms with E-state index < -0.39 is 5.91 Å². The number of rotatable bonds is 8. The maximum Gasteiger partial charge on any atom is 0.290 e. The van der Waals surface area contributed by atoms with Gasteiger partial charge in [0.2, 0.25) is 5.91 Å². The lowest BCUT2D eigenvalue weighted by Gasteiger charge is -2.10. The van der Waals surface area contributed by atoms with Crippen LogP contribution in [0.1, 0.15) is 46.6 Å². The Morgan fingerprint density at radius 2 is 1.68 bits per heavy atom. The molecule has 0 aliphatic heterocycles. The van der Waals surface area contributed by atoms with E-state index in [-0.39, 0.29) is 30.3 Å². The van der Waals surface area contributed by atoms with Crippen molar-refractivity contribution in [2.75, 3.05) is 11.9 Å². The molecule has 0 saturated heterocycles. The van der Waals surface area contributed by atoms with Gasteiger partial charge in [-0.05, 0) is 70.3 Å². The van der Waals surface area contributed by atoms with E-state index in [4.69, 9.17) is 26.2 Å². The zero-order valence-electron chi connectivity index (χ0n) is 23.6. The number of ether oxygens (including phenoxy) is 1. The number of carbonyl (C=O) groups is 3. The first-order valence-electron chi connectivity index (χ1n) is 11.9. The van der Waals surface area contributed by atoms with Crippen LogP contribution < -0.4 is 10.1 Å². The monoisotopic (exact) mass is 576 g/mol. The maximum absolute atomic E-state index is 12.9. The van der Waals surface area contributed by atoms with E-state index in [1.807, 2.05) is 27.7 Å². The number of amides is 2. The Kier molecular flexibility index (Phi) is 20.6. The van der Waals surface area contributed by atoms with Crippen LogP contribution in [0.5, 0.6) is 5.75 Å². The molecule has 0 heterocycles. The van der Waals surface area contributed by atoms with Gasteiger partial charge in [0.15, 0.2) is 6.61 Å². The summed E-state index contributed by atoms with van der Waals surface area (Å²) in [5.74, 6) is -0.716. The number of carbonyl (C=O) groups excluding carboxylic acids is 2. The Labute approximate surface area is 240 Å². The smallest absolute Gasteiger partial charge is 0.290 e. The second kappa shape index (κ2) is 21.7. The van der Waals surface area contributed by atoms with E-state index in [0.29, 0.717) is 29.4 Å². The second-order valence-corrected chi connectivity index (χ2v) is 9.07. The van der Waals surface area contributed by atoms with E-state index in [9.17, 15) is 14.0 Å². The highest BCUT2D eigenvalue weighted by molar-refractivity contribution is 6.31. The van der Waals surface area contributed by atoms with Crippen molar-refractivity contribution < 1.29 is 28.6 Å². The molecule has 0 aromatic heterocycles. The Balaban J connectivity index is 0. The molecule has 2 rings (SSSR count). The predicted octanol–water partition coefficient (Wildman–Crippen LogP) is 6.45. The van der Waals surface area contributed by atoms with E-state index in [2.05, 4.69) is 40.2 Å². The van der Waals surface area contributed by atoms with E-state index in [0.717, 1.165) is 11.3 Å². The molecule has 2 aromatic rings. The number of benzene rings is 2. The number of anilines is 1. The number of aliphatic imine (C=N–C) groups is 3. The molecular formula is C29H38ClFN4O5. The standard InChI is InChI=1S/C21H21ClFN3O3.C5H11N.C2H4.CH2O2/c1-14(25-12-16-3-6-18(23)7-4-16)9-10-24-21(28)13-29-20-8-5-17(22)11-19(20)26-15(2)27;1-5(2,3)6-4;1-2;2-1-3/h3-8,10-11H,9,12-13H2,1-2H3,(H,26,27);4H2,1-3H3;1-2H2;1H,(H,2,3). The molecule has 11 heteroatoms. The first kappa shape index (κ1) is 38.0. The second-order valence-electron chi connectivity index (χ2n) is 8.63. The molecule has 40 heavy (non-hydrogen) atoms. The van der Waals surface area contributed by atoms with Gasteiger partial charge in [-0.15, -0.1) is 13.2 Å². The lowest BCUT2D eigenvalue weighted by Crippen LogP contribution is -2.12. The zero-order valence-corrected chi connectivity index (χ0v) is 24.4. The van der Waals surface area contributed by atoms with Gasteiger partial charge in [0.1, 0.15) is 11.6 Å². The van der Waals surface area contributed by atoms with Crippen molar-refractivity contribution in [3.05, 3.63) is 72.0 Å². The van der Waals surface area contributed by atoms with Gasteiger partial charge >= 0.3 is 0 Å². The molecule has 0 unspecified atom stereocenters. The molecule has 0 radical (unpaired) electrons. The zero-order chi connectivity index (χ0) is 31.1. The molecule has 2 amide bonds. The molecule has 0 spiro atoms. The molecule has 9 nitrogen and oxygen atoms in total. The van der Waals surface area contributed by atoms with Crippen LogP contribution in [0.25, 0.3) is 0 Å². The van der Waals surface area contributed by atoms with Crippen molar-refractivity contribution in [3.8, 4) is 5.75 Å². The molecule has 2 aromatic carbocycles. The molecule has 0 bridgehead atoms. The Morgan fingerprint density at radius 1 is 1.12 bits per heavy atom. The van der Waals surface area contributed by atoms with Gasteiger partial charge in [-0.1, -0.05) is 23.7 Å². The largest absolute Gasteiger partial charge is 0.483 e. The van der Waals surface area contributed by atoms with Gasteiger partial charge in [0.25, 0.3) is 12.4 Å². The first-order valence-corrected chi connectivity index (χ1v) is 12.2. The molecule has 0 fully saturated rings. The number of hydrogen-bond acceptors (Lipinski definition) is 6. The summed E-state index contributed by atoms with van der Waals surface area (Å²) in [5.41, 5.74) is 2.12. The highest BCUT2D eigenvalue weighted by atomic mass is 35.5. The number of halogens is 2. The molecule has 0 aliphatic rings. The average molecular weight is 577 g/mol. The Bertz CT molecular complexity index is 1130. The lowest BCUT2D eigenvalue weighted by molar-refractivity contribution is -0.123. The summed E-state index contributed by atoms with van der Waals surface area (Å²) < 4.78 is 18.3. The van der Waals surface area contributed by atoms with Crippen molar-refractivity contribution in [2.45, 2.75) is 53.1 Å². The molecular weight excluding hydrogens is 539 g/mol. The summed E-state index contributed by atoms with van der Waals surface area (Å²) >= 11 is 5.91. The normalized spacial score (nSPS) is 10.4. The van der Waals surface area contributed by atoms with Crippen molar-refractivity contribution in [3.63, 3.8) is 0 Å². The van der Waals surface area contributed by atoms with E-state index in [1.54, 1.807) is 24.3 Å². The third kappa shape index (κ3) is 20.8. The topological polar surface area (TPSA) is 130 Å². The minimum atomic E-state index is -0.472. The highest BCUT2D eigenvalue weighted by Crippen LogP contribution is 2.28. The third-order valence-corrected chi connectivity index (χ3v) is 4.38. The predicted molar refractivity (Wildman–Crippen MR) is 162 cm³/mol. The van der Waals surface area contributed by atoms with Gasteiger partial charge in [0.05, 0.1) is 17.8 Å². The van der Waals surface area contributed by atoms with Crippen LogP contribution >= 0.6 is 11.6 Å². The van der Waals surface area contributed by atoms with Gasteiger partial charge in [-0.3, -0.25) is 24.4 Å². The van der Waals surface area contributed by atoms with Crippen LogP contribution in [0.4, 0.5) is 10.1 Å². The van der Waals surface area contributed by atoms with Crippen LogP contribution in [0.15, 0.2) is 70.6 Å². The van der Waals surface area contributed by atoms with Gasteiger partial charge in [-0.2, -0.15) is 0 Å². The van der Waals surface area contributed by atoms with Crippen LogP contribution in [0, 0.1) is 5.82 Å². The van der Waals surface area contributed by atoms with Gasteiger partial charge in [-0.25, -0.2) is 9.38 Å². The summed E-state index contributed by atoms with van der Waals surface area (Å²) in [6.45, 7) is 18.5. The van der Waals surface area contributed by atoms with Crippen molar-refractivity contribution in [1.29, 1.82) is 0 Å². The van der Waals surface area contributed by atoms with E-state index >= 15 is 0 Å². The molecule has 218 valence electrons. The van der Waals surface area contributed by atoms with Crippen LogP contribution in [0.2, 0.25) is 5.02 Å². The number of nitrogens with zero attached hydrogens (tertiary/aromatic N) is 3. The Morgan fingerprint density at radius 3 is 2.17 bits per heavy atom. The molecule has 0 aliphatic carbocycles. The first-order chi connectivity index (χ1) is 18.8. The Hall–Kier alpha value is -4.18. The quantitative estimate of drug-likeness (QED) is 0.212. The number of carboxylic acid groups (broad SMARTS) is 1. The minimum Gasteiger partial charge on any atom is -0.483 e. The summed E-state index contributed by atoms with van der Waals surface area (Å²) in [6, 6.07) is 10.8.